The topological polar surface area (TPSA) is 54.3 Å². The van der Waals surface area contributed by atoms with E-state index in [-0.39, 0.29) is 11.9 Å². The minimum Gasteiger partial charge on any atom is -0.288 e. The molecule has 3 heterocycles. The van der Waals surface area contributed by atoms with Crippen LogP contribution in [0.15, 0.2) is 36.7 Å². The third-order valence-electron chi connectivity index (χ3n) is 4.73. The van der Waals surface area contributed by atoms with Gasteiger partial charge in [-0.05, 0) is 31.4 Å². The lowest BCUT2D eigenvalue weighted by atomic mass is 10.1. The van der Waals surface area contributed by atoms with E-state index in [0.29, 0.717) is 5.95 Å². The number of likely N-dealkylation sites (tertiary alicyclic amines) is 1. The van der Waals surface area contributed by atoms with Gasteiger partial charge in [-0.3, -0.25) is 14.6 Å². The Hall–Kier alpha value is -2.21. The van der Waals surface area contributed by atoms with Gasteiger partial charge in [-0.25, -0.2) is 4.68 Å². The summed E-state index contributed by atoms with van der Waals surface area (Å²) in [5.74, 6) is 0.875. The van der Waals surface area contributed by atoms with Gasteiger partial charge in [0.05, 0.1) is 6.04 Å². The summed E-state index contributed by atoms with van der Waals surface area (Å²) < 4.78 is 1.83. The van der Waals surface area contributed by atoms with Gasteiger partial charge in [0.1, 0.15) is 6.33 Å². The molecule has 0 saturated carbocycles. The number of amides is 1. The van der Waals surface area contributed by atoms with E-state index in [1.807, 2.05) is 15.6 Å². The molecule has 1 saturated heterocycles. The number of anilines is 1. The van der Waals surface area contributed by atoms with Gasteiger partial charge in [0.15, 0.2) is 0 Å². The Morgan fingerprint density at radius 2 is 2.00 bits per heavy atom. The van der Waals surface area contributed by atoms with Gasteiger partial charge in [-0.15, -0.1) is 0 Å². The zero-order chi connectivity index (χ0) is 15.6. The predicted molar refractivity (Wildman–Crippen MR) is 86.9 cm³/mol. The Bertz CT molecular complexity index is 683. The van der Waals surface area contributed by atoms with Crippen molar-refractivity contribution in [3.8, 4) is 0 Å². The first-order valence-electron chi connectivity index (χ1n) is 8.30. The Morgan fingerprint density at radius 3 is 2.87 bits per heavy atom. The quantitative estimate of drug-likeness (QED) is 0.865. The molecule has 1 aromatic carbocycles. The molecule has 1 fully saturated rings. The van der Waals surface area contributed by atoms with Crippen LogP contribution in [0, 0.1) is 0 Å². The molecule has 1 aromatic heterocycles. The molecular weight excluding hydrogens is 290 g/mol. The zero-order valence-electron chi connectivity index (χ0n) is 13.1. The van der Waals surface area contributed by atoms with Gasteiger partial charge in [-0.2, -0.15) is 10.1 Å². The first-order chi connectivity index (χ1) is 11.3. The molecule has 1 amide bonds. The van der Waals surface area contributed by atoms with Crippen molar-refractivity contribution in [3.63, 3.8) is 0 Å². The Kier molecular flexibility index (Phi) is 3.83. The maximum Gasteiger partial charge on any atom is 0.246 e. The summed E-state index contributed by atoms with van der Waals surface area (Å²) in [7, 11) is 0. The van der Waals surface area contributed by atoms with Gasteiger partial charge >= 0.3 is 0 Å². The van der Waals surface area contributed by atoms with E-state index in [2.05, 4.69) is 39.2 Å². The van der Waals surface area contributed by atoms with Crippen LogP contribution in [0.1, 0.15) is 24.8 Å². The minimum absolute atomic E-state index is 0.0431. The molecule has 1 atom stereocenters. The SMILES string of the molecule is O=C([C@@H]1CCCN1Cc1ccccc1)N1CCCn2ncnc21. The van der Waals surface area contributed by atoms with E-state index < -0.39 is 0 Å². The fourth-order valence-corrected chi connectivity index (χ4v) is 3.61. The number of rotatable bonds is 3. The standard InChI is InChI=1S/C17H21N5O/c23-16(21-10-5-11-22-17(21)18-13-19-22)15-8-4-9-20(15)12-14-6-2-1-3-7-14/h1-3,6-7,13,15H,4-5,8-12H2/t15-/m0/s1. The van der Waals surface area contributed by atoms with Crippen molar-refractivity contribution >= 4 is 11.9 Å². The number of nitrogens with zero attached hydrogens (tertiary/aromatic N) is 5. The molecule has 0 unspecified atom stereocenters. The Balaban J connectivity index is 1.52. The highest BCUT2D eigenvalue weighted by atomic mass is 16.2. The fraction of sp³-hybridized carbons (Fsp3) is 0.471. The van der Waals surface area contributed by atoms with Crippen LogP contribution in [0.5, 0.6) is 0 Å². The second-order valence-electron chi connectivity index (χ2n) is 6.24. The molecule has 0 N–H and O–H groups in total. The van der Waals surface area contributed by atoms with Crippen LogP contribution in [0.25, 0.3) is 0 Å². The van der Waals surface area contributed by atoms with Crippen molar-refractivity contribution in [1.82, 2.24) is 19.7 Å². The molecule has 2 aliphatic rings. The number of aryl methyl sites for hydroxylation is 1. The number of carbonyl (C=O) groups excluding carboxylic acids is 1. The average Bonchev–Trinajstić information content (AvgIpc) is 3.23. The van der Waals surface area contributed by atoms with Gasteiger partial charge in [0.25, 0.3) is 0 Å². The van der Waals surface area contributed by atoms with Crippen molar-refractivity contribution in [1.29, 1.82) is 0 Å². The van der Waals surface area contributed by atoms with Crippen LogP contribution < -0.4 is 4.90 Å². The van der Waals surface area contributed by atoms with E-state index in [1.165, 1.54) is 11.9 Å². The lowest BCUT2D eigenvalue weighted by Crippen LogP contribution is -2.48. The molecule has 23 heavy (non-hydrogen) atoms. The number of benzene rings is 1. The van der Waals surface area contributed by atoms with Gasteiger partial charge in [-0.1, -0.05) is 30.3 Å². The smallest absolute Gasteiger partial charge is 0.246 e. The summed E-state index contributed by atoms with van der Waals surface area (Å²) >= 11 is 0. The highest BCUT2D eigenvalue weighted by Crippen LogP contribution is 2.25. The first-order valence-corrected chi connectivity index (χ1v) is 8.30. The molecule has 4 rings (SSSR count). The highest BCUT2D eigenvalue weighted by Gasteiger charge is 2.36. The third kappa shape index (κ3) is 2.74. The normalized spacial score (nSPS) is 21.4. The van der Waals surface area contributed by atoms with Crippen LogP contribution in [-0.2, 0) is 17.9 Å². The molecule has 2 aliphatic heterocycles. The molecule has 0 spiro atoms. The third-order valence-corrected chi connectivity index (χ3v) is 4.73. The van der Waals surface area contributed by atoms with E-state index in [4.69, 9.17) is 0 Å². The van der Waals surface area contributed by atoms with Crippen LogP contribution in [-0.4, -0.2) is 44.7 Å². The number of aromatic nitrogens is 3. The predicted octanol–water partition coefficient (Wildman–Crippen LogP) is 1.68. The Labute approximate surface area is 135 Å². The van der Waals surface area contributed by atoms with E-state index in [1.54, 1.807) is 0 Å². The van der Waals surface area contributed by atoms with Crippen LogP contribution in [0.3, 0.4) is 0 Å². The van der Waals surface area contributed by atoms with Crippen LogP contribution in [0.4, 0.5) is 5.95 Å². The largest absolute Gasteiger partial charge is 0.288 e. The minimum atomic E-state index is -0.0431. The number of carbonyl (C=O) groups is 1. The number of fused-ring (bicyclic) bond motifs is 1. The maximum absolute atomic E-state index is 13.1. The second kappa shape index (κ2) is 6.12. The van der Waals surface area contributed by atoms with E-state index in [9.17, 15) is 4.79 Å². The van der Waals surface area contributed by atoms with Crippen LogP contribution in [0.2, 0.25) is 0 Å². The van der Waals surface area contributed by atoms with E-state index >= 15 is 0 Å². The summed E-state index contributed by atoms with van der Waals surface area (Å²) in [6.45, 7) is 3.40. The van der Waals surface area contributed by atoms with Gasteiger partial charge in [0.2, 0.25) is 11.9 Å². The first kappa shape index (κ1) is 14.4. The molecule has 6 heteroatoms. The summed E-state index contributed by atoms with van der Waals surface area (Å²) in [5, 5.41) is 4.20. The monoisotopic (exact) mass is 311 g/mol. The van der Waals surface area contributed by atoms with Gasteiger partial charge in [0, 0.05) is 19.6 Å². The zero-order valence-corrected chi connectivity index (χ0v) is 13.1. The molecule has 0 radical (unpaired) electrons. The summed E-state index contributed by atoms with van der Waals surface area (Å²) in [4.78, 5) is 21.5. The average molecular weight is 311 g/mol. The summed E-state index contributed by atoms with van der Waals surface area (Å²) in [6, 6.07) is 10.3. The molecule has 2 aromatic rings. The van der Waals surface area contributed by atoms with E-state index in [0.717, 1.165) is 45.4 Å². The Morgan fingerprint density at radius 1 is 1.13 bits per heavy atom. The summed E-state index contributed by atoms with van der Waals surface area (Å²) in [5.41, 5.74) is 1.26. The molecule has 120 valence electrons. The number of hydrogen-bond donors (Lipinski definition) is 0. The summed E-state index contributed by atoms with van der Waals surface area (Å²) in [6.07, 6.45) is 4.48. The van der Waals surface area contributed by atoms with Crippen molar-refractivity contribution in [3.05, 3.63) is 42.2 Å². The highest BCUT2D eigenvalue weighted by molar-refractivity contribution is 5.96. The second-order valence-corrected chi connectivity index (χ2v) is 6.24. The van der Waals surface area contributed by atoms with Crippen molar-refractivity contribution in [2.75, 3.05) is 18.0 Å². The maximum atomic E-state index is 13.1. The van der Waals surface area contributed by atoms with Crippen molar-refractivity contribution < 1.29 is 4.79 Å². The lowest BCUT2D eigenvalue weighted by Gasteiger charge is -2.31. The van der Waals surface area contributed by atoms with Gasteiger partial charge < -0.3 is 0 Å². The number of hydrogen-bond acceptors (Lipinski definition) is 4. The van der Waals surface area contributed by atoms with Crippen molar-refractivity contribution in [2.24, 2.45) is 0 Å². The molecule has 0 bridgehead atoms. The molecule has 6 nitrogen and oxygen atoms in total. The van der Waals surface area contributed by atoms with Crippen LogP contribution >= 0.6 is 0 Å². The molecular formula is C17H21N5O. The fourth-order valence-electron chi connectivity index (χ4n) is 3.61. The molecule has 0 aliphatic carbocycles. The lowest BCUT2D eigenvalue weighted by molar-refractivity contribution is -0.123. The van der Waals surface area contributed by atoms with Crippen molar-refractivity contribution in [2.45, 2.75) is 38.4 Å².